The Labute approximate surface area is 476 Å². The van der Waals surface area contributed by atoms with Crippen LogP contribution in [0.1, 0.15) is 226 Å². The molecule has 0 fully saturated rings. The number of ether oxygens (including phenoxy) is 3. The van der Waals surface area contributed by atoms with E-state index in [2.05, 4.69) is 106 Å². The lowest BCUT2D eigenvalue weighted by Crippen LogP contribution is -2.30. The number of aliphatic hydroxyl groups excluding tert-OH is 2. The topological polar surface area (TPSA) is 231 Å². The second-order valence-electron chi connectivity index (χ2n) is 19.8. The fraction of sp³-hybridized carbons (Fsp3) is 0.721. The molecule has 456 valence electrons. The van der Waals surface area contributed by atoms with E-state index in [-0.39, 0.29) is 19.3 Å². The number of esters is 3. The van der Waals surface area contributed by atoms with Gasteiger partial charge < -0.3 is 34.2 Å². The van der Waals surface area contributed by atoms with Crippen LogP contribution in [0.25, 0.3) is 0 Å². The van der Waals surface area contributed by atoms with Gasteiger partial charge in [0.05, 0.1) is 26.4 Å². The summed E-state index contributed by atoms with van der Waals surface area (Å²) in [5.41, 5.74) is 0. The van der Waals surface area contributed by atoms with E-state index in [1.54, 1.807) is 0 Å². The first-order valence-electron chi connectivity index (χ1n) is 29.9. The molecule has 5 unspecified atom stereocenters. The molecule has 5 atom stereocenters. The highest BCUT2D eigenvalue weighted by Crippen LogP contribution is 2.45. The van der Waals surface area contributed by atoms with Gasteiger partial charge in [-0.15, -0.1) is 0 Å². The minimum Gasteiger partial charge on any atom is -0.463 e. The highest BCUT2D eigenvalue weighted by molar-refractivity contribution is 7.47. The van der Waals surface area contributed by atoms with Crippen molar-refractivity contribution in [1.82, 2.24) is 0 Å². The summed E-state index contributed by atoms with van der Waals surface area (Å²) in [5.74, 6) is -1.63. The molecule has 0 saturated heterocycles. The molecule has 0 aromatic rings. The Morgan fingerprint density at radius 2 is 0.684 bits per heavy atom. The van der Waals surface area contributed by atoms with Gasteiger partial charge in [0.1, 0.15) is 25.4 Å². The Kier molecular flexibility index (Phi) is 53.0. The fourth-order valence-corrected chi connectivity index (χ4v) is 9.04. The van der Waals surface area contributed by atoms with Gasteiger partial charge in [0.25, 0.3) is 0 Å². The third kappa shape index (κ3) is 56.4. The van der Waals surface area contributed by atoms with Crippen molar-refractivity contribution in [2.75, 3.05) is 39.6 Å². The Balaban J connectivity index is 4.68. The van der Waals surface area contributed by atoms with Crippen molar-refractivity contribution in [3.63, 3.8) is 0 Å². The van der Waals surface area contributed by atoms with Crippen LogP contribution in [-0.2, 0) is 55.8 Å². The van der Waals surface area contributed by atoms with Crippen molar-refractivity contribution in [2.24, 2.45) is 0 Å². The van der Waals surface area contributed by atoms with Crippen LogP contribution < -0.4 is 0 Å². The molecule has 0 aromatic heterocycles. The van der Waals surface area contributed by atoms with Gasteiger partial charge in [0.15, 0.2) is 6.10 Å². The molecule has 4 N–H and O–H groups in total. The first-order chi connectivity index (χ1) is 38.2. The number of rotatable bonds is 56. The summed E-state index contributed by atoms with van der Waals surface area (Å²) < 4.78 is 60.5. The van der Waals surface area contributed by atoms with Crippen LogP contribution in [0.15, 0.2) is 85.1 Å². The zero-order valence-electron chi connectivity index (χ0n) is 48.8. The number of hydrogen-bond donors (Lipinski definition) is 4. The average Bonchev–Trinajstić information content (AvgIpc) is 3.42. The smallest absolute Gasteiger partial charge is 0.463 e. The zero-order chi connectivity index (χ0) is 58.2. The normalized spacial score (nSPS) is 15.1. The maximum atomic E-state index is 12.8. The number of unbranched alkanes of at least 4 members (excludes halogenated alkanes) is 19. The highest BCUT2D eigenvalue weighted by atomic mass is 31.2. The van der Waals surface area contributed by atoms with Crippen molar-refractivity contribution in [3.8, 4) is 0 Å². The molecule has 18 heteroatoms. The molecule has 0 amide bonds. The van der Waals surface area contributed by atoms with E-state index in [4.69, 9.17) is 32.3 Å². The summed E-state index contributed by atoms with van der Waals surface area (Å²) in [6.07, 6.45) is 55.2. The first kappa shape index (κ1) is 75.7. The predicted octanol–water partition coefficient (Wildman–Crippen LogP) is 15.4. The van der Waals surface area contributed by atoms with Crippen LogP contribution in [0.3, 0.4) is 0 Å². The van der Waals surface area contributed by atoms with Gasteiger partial charge in [0, 0.05) is 19.3 Å². The second kappa shape index (κ2) is 55.3. The molecule has 79 heavy (non-hydrogen) atoms. The first-order valence-corrected chi connectivity index (χ1v) is 32.9. The van der Waals surface area contributed by atoms with Crippen LogP contribution in [0.4, 0.5) is 0 Å². The van der Waals surface area contributed by atoms with E-state index in [0.717, 1.165) is 135 Å². The summed E-state index contributed by atoms with van der Waals surface area (Å²) in [5, 5.41) is 20.4. The molecule has 0 spiro atoms. The molecule has 0 aliphatic heterocycles. The van der Waals surface area contributed by atoms with Crippen LogP contribution >= 0.6 is 15.6 Å². The third-order valence-electron chi connectivity index (χ3n) is 12.1. The number of allylic oxidation sites excluding steroid dienone is 14. The lowest BCUT2D eigenvalue weighted by molar-refractivity contribution is -0.161. The van der Waals surface area contributed by atoms with Crippen molar-refractivity contribution < 1.29 is 75.8 Å². The van der Waals surface area contributed by atoms with Gasteiger partial charge >= 0.3 is 33.6 Å². The Hall–Kier alpha value is -3.27. The molecule has 0 heterocycles. The highest BCUT2D eigenvalue weighted by Gasteiger charge is 2.29. The number of hydrogen-bond acceptors (Lipinski definition) is 14. The monoisotopic (exact) mass is 1160 g/mol. The summed E-state index contributed by atoms with van der Waals surface area (Å²) in [4.78, 5) is 58.0. The summed E-state index contributed by atoms with van der Waals surface area (Å²) in [6, 6.07) is 0. The van der Waals surface area contributed by atoms with Gasteiger partial charge in [-0.2, -0.15) is 0 Å². The van der Waals surface area contributed by atoms with Gasteiger partial charge in [-0.3, -0.25) is 32.5 Å². The van der Waals surface area contributed by atoms with E-state index in [1.165, 1.54) is 32.1 Å². The molecule has 0 aliphatic rings. The lowest BCUT2D eigenvalue weighted by atomic mass is 10.1. The molecular weight excluding hydrogens is 1050 g/mol. The molecule has 0 aliphatic carbocycles. The number of phosphoric acid groups is 2. The van der Waals surface area contributed by atoms with Gasteiger partial charge in [-0.25, -0.2) is 9.13 Å². The molecule has 0 radical (unpaired) electrons. The van der Waals surface area contributed by atoms with E-state index in [0.29, 0.717) is 19.3 Å². The largest absolute Gasteiger partial charge is 0.472 e. The van der Waals surface area contributed by atoms with Crippen LogP contribution in [0.2, 0.25) is 0 Å². The quantitative estimate of drug-likeness (QED) is 0.0146. The number of carbonyl (C=O) groups excluding carboxylic acids is 3. The maximum Gasteiger partial charge on any atom is 0.472 e. The molecule has 0 aromatic carbocycles. The Bertz CT molecular complexity index is 1790. The van der Waals surface area contributed by atoms with Gasteiger partial charge in [-0.1, -0.05) is 183 Å². The van der Waals surface area contributed by atoms with E-state index in [9.17, 15) is 43.5 Å². The minimum absolute atomic E-state index is 0.0902. The maximum absolute atomic E-state index is 12.8. The third-order valence-corrected chi connectivity index (χ3v) is 14.0. The standard InChI is InChI=1S/C61H106O16P2/c1-4-7-10-13-16-19-22-24-26-27-29-31-33-35-38-41-44-47-59(64)71-50-56(62)51-73-78(67,68)74-52-57(63)53-75-79(69,70)76-55-58(77-61(66)49-46-43-40-37-32-21-18-15-12-9-6-3)54-72-60(65)48-45-42-39-36-34-30-28-25-23-20-17-14-11-8-5-2/h7,10,15-20,24-26,28-29,31,56-58,62-63H,4-6,8-9,11-14,21-23,27,30,32-55H2,1-3H3,(H,67,68)(H,69,70)/b10-7-,18-15-,19-16-,20-17-,26-24-,28-25-,31-29-. The SMILES string of the molecule is CC/C=C\C/C=C\C/C=C\C/C=C\CCCCCCC(=O)OCC(O)COP(=O)(O)OCC(O)COP(=O)(O)OCC(COC(=O)CCCCCCC/C=C\C/C=C\CCCCC)OC(=O)CCCCCCC/C=C\CCCC. The second-order valence-corrected chi connectivity index (χ2v) is 22.7. The molecule has 0 bridgehead atoms. The van der Waals surface area contributed by atoms with Crippen molar-refractivity contribution in [3.05, 3.63) is 85.1 Å². The van der Waals surface area contributed by atoms with Crippen LogP contribution in [0, 0.1) is 0 Å². The predicted molar refractivity (Wildman–Crippen MR) is 316 cm³/mol. The van der Waals surface area contributed by atoms with Crippen molar-refractivity contribution in [2.45, 2.75) is 245 Å². The molecule has 0 rings (SSSR count). The molecular formula is C61H106O16P2. The molecule has 0 saturated carbocycles. The van der Waals surface area contributed by atoms with Crippen LogP contribution in [0.5, 0.6) is 0 Å². The van der Waals surface area contributed by atoms with Gasteiger partial charge in [0.2, 0.25) is 0 Å². The summed E-state index contributed by atoms with van der Waals surface area (Å²) >= 11 is 0. The fourth-order valence-electron chi connectivity index (χ4n) is 7.45. The lowest BCUT2D eigenvalue weighted by Gasteiger charge is -2.21. The summed E-state index contributed by atoms with van der Waals surface area (Å²) in [7, 11) is -9.77. The van der Waals surface area contributed by atoms with E-state index >= 15 is 0 Å². The van der Waals surface area contributed by atoms with Crippen LogP contribution in [-0.4, -0.2) is 95.9 Å². The minimum atomic E-state index is -4.92. The van der Waals surface area contributed by atoms with E-state index in [1.807, 2.05) is 0 Å². The number of phosphoric ester groups is 2. The Morgan fingerprint density at radius 3 is 1.11 bits per heavy atom. The van der Waals surface area contributed by atoms with E-state index < -0.39 is 91.5 Å². The van der Waals surface area contributed by atoms with Crippen molar-refractivity contribution >= 4 is 33.6 Å². The Morgan fingerprint density at radius 1 is 0.367 bits per heavy atom. The number of carbonyl (C=O) groups is 3. The molecule has 16 nitrogen and oxygen atoms in total. The average molecular weight is 1160 g/mol. The van der Waals surface area contributed by atoms with Gasteiger partial charge in [-0.05, 0) is 109 Å². The van der Waals surface area contributed by atoms with Crippen molar-refractivity contribution in [1.29, 1.82) is 0 Å². The zero-order valence-corrected chi connectivity index (χ0v) is 50.6. The summed E-state index contributed by atoms with van der Waals surface area (Å²) in [6.45, 7) is 2.40. The number of aliphatic hydroxyl groups is 2.